The van der Waals surface area contributed by atoms with Crippen molar-refractivity contribution in [2.75, 3.05) is 29.7 Å². The fourth-order valence-corrected chi connectivity index (χ4v) is 2.19. The molecule has 7 nitrogen and oxygen atoms in total. The molecular weight excluding hydrogens is 266 g/mol. The zero-order valence-corrected chi connectivity index (χ0v) is 12.4. The summed E-state index contributed by atoms with van der Waals surface area (Å²) < 4.78 is 0. The predicted molar refractivity (Wildman–Crippen MR) is 79.1 cm³/mol. The summed E-state index contributed by atoms with van der Waals surface area (Å²) >= 11 is 1.74. The largest absolute Gasteiger partial charge is 0.362 e. The van der Waals surface area contributed by atoms with Gasteiger partial charge < -0.3 is 10.6 Å². The molecule has 0 radical (unpaired) electrons. The zero-order chi connectivity index (χ0) is 14.4. The molecule has 1 unspecified atom stereocenters. The van der Waals surface area contributed by atoms with E-state index in [4.69, 9.17) is 0 Å². The van der Waals surface area contributed by atoms with Crippen LogP contribution in [-0.4, -0.2) is 40.0 Å². The molecule has 19 heavy (non-hydrogen) atoms. The van der Waals surface area contributed by atoms with Gasteiger partial charge in [-0.1, -0.05) is 0 Å². The molecule has 0 aromatic carbocycles. The molecule has 0 fully saturated rings. The SMILES string of the molecule is CNc1nc(C)c([N+](=O)[O-])c(NC(C)CCSC)n1. The van der Waals surface area contributed by atoms with Crippen molar-refractivity contribution in [1.82, 2.24) is 9.97 Å². The molecule has 0 aliphatic carbocycles. The van der Waals surface area contributed by atoms with E-state index in [1.807, 2.05) is 13.2 Å². The van der Waals surface area contributed by atoms with Crippen molar-refractivity contribution in [1.29, 1.82) is 0 Å². The van der Waals surface area contributed by atoms with Gasteiger partial charge in [-0.25, -0.2) is 4.98 Å². The second kappa shape index (κ2) is 7.13. The van der Waals surface area contributed by atoms with Gasteiger partial charge >= 0.3 is 5.69 Å². The van der Waals surface area contributed by atoms with Gasteiger partial charge in [0.1, 0.15) is 5.69 Å². The molecule has 8 heteroatoms. The van der Waals surface area contributed by atoms with Crippen LogP contribution >= 0.6 is 11.8 Å². The summed E-state index contributed by atoms with van der Waals surface area (Å²) in [5.41, 5.74) is 0.291. The molecule has 1 rings (SSSR count). The first-order valence-corrected chi connectivity index (χ1v) is 7.35. The monoisotopic (exact) mass is 285 g/mol. The van der Waals surface area contributed by atoms with Crippen LogP contribution in [-0.2, 0) is 0 Å². The molecule has 0 spiro atoms. The highest BCUT2D eigenvalue weighted by Crippen LogP contribution is 2.27. The van der Waals surface area contributed by atoms with E-state index in [9.17, 15) is 10.1 Å². The van der Waals surface area contributed by atoms with Gasteiger partial charge in [-0.15, -0.1) is 0 Å². The Morgan fingerprint density at radius 3 is 2.68 bits per heavy atom. The average molecular weight is 285 g/mol. The van der Waals surface area contributed by atoms with E-state index in [0.29, 0.717) is 11.6 Å². The molecule has 1 aromatic heterocycles. The van der Waals surface area contributed by atoms with Crippen molar-refractivity contribution < 1.29 is 4.92 Å². The summed E-state index contributed by atoms with van der Waals surface area (Å²) in [5.74, 6) is 1.64. The normalized spacial score (nSPS) is 12.0. The van der Waals surface area contributed by atoms with Crippen molar-refractivity contribution in [3.63, 3.8) is 0 Å². The Hall–Kier alpha value is -1.57. The highest BCUT2D eigenvalue weighted by Gasteiger charge is 2.22. The molecule has 0 amide bonds. The molecule has 106 valence electrons. The van der Waals surface area contributed by atoms with Gasteiger partial charge in [-0.3, -0.25) is 10.1 Å². The summed E-state index contributed by atoms with van der Waals surface area (Å²) in [6.45, 7) is 3.59. The quantitative estimate of drug-likeness (QED) is 0.586. The first kappa shape index (κ1) is 15.5. The van der Waals surface area contributed by atoms with Crippen LogP contribution in [0.25, 0.3) is 0 Å². The van der Waals surface area contributed by atoms with Crippen molar-refractivity contribution in [3.05, 3.63) is 15.8 Å². The van der Waals surface area contributed by atoms with E-state index in [-0.39, 0.29) is 17.5 Å². The van der Waals surface area contributed by atoms with Gasteiger partial charge in [0.05, 0.1) is 4.92 Å². The summed E-state index contributed by atoms with van der Waals surface area (Å²) in [6.07, 6.45) is 2.94. The lowest BCUT2D eigenvalue weighted by Gasteiger charge is -2.15. The number of aromatic nitrogens is 2. The van der Waals surface area contributed by atoms with E-state index in [0.717, 1.165) is 12.2 Å². The molecule has 1 heterocycles. The van der Waals surface area contributed by atoms with Crippen LogP contribution in [0.3, 0.4) is 0 Å². The van der Waals surface area contributed by atoms with Gasteiger partial charge in [0.25, 0.3) is 0 Å². The number of hydrogen-bond acceptors (Lipinski definition) is 7. The zero-order valence-electron chi connectivity index (χ0n) is 11.6. The maximum absolute atomic E-state index is 11.1. The number of anilines is 2. The molecule has 0 saturated carbocycles. The topological polar surface area (TPSA) is 93.0 Å². The molecule has 1 atom stereocenters. The molecule has 0 bridgehead atoms. The molecule has 0 aliphatic rings. The van der Waals surface area contributed by atoms with E-state index in [1.165, 1.54) is 0 Å². The maximum Gasteiger partial charge on any atom is 0.332 e. The number of rotatable bonds is 7. The van der Waals surface area contributed by atoms with E-state index in [1.54, 1.807) is 25.7 Å². The first-order chi connectivity index (χ1) is 8.99. The van der Waals surface area contributed by atoms with Crippen LogP contribution < -0.4 is 10.6 Å². The van der Waals surface area contributed by atoms with E-state index >= 15 is 0 Å². The number of nitrogens with one attached hydrogen (secondary N) is 2. The van der Waals surface area contributed by atoms with Gasteiger partial charge in [0.2, 0.25) is 11.8 Å². The van der Waals surface area contributed by atoms with Crippen LogP contribution in [0.2, 0.25) is 0 Å². The number of aryl methyl sites for hydroxylation is 1. The molecule has 0 aliphatic heterocycles. The van der Waals surface area contributed by atoms with Crippen LogP contribution in [0.1, 0.15) is 19.0 Å². The Balaban J connectivity index is 3.02. The minimum absolute atomic E-state index is 0.0602. The second-order valence-electron chi connectivity index (χ2n) is 4.16. The summed E-state index contributed by atoms with van der Waals surface area (Å²) in [7, 11) is 1.68. The van der Waals surface area contributed by atoms with Crippen molar-refractivity contribution in [2.24, 2.45) is 0 Å². The Kier molecular flexibility index (Phi) is 5.81. The van der Waals surface area contributed by atoms with Gasteiger partial charge in [0, 0.05) is 13.1 Å². The van der Waals surface area contributed by atoms with E-state index < -0.39 is 4.92 Å². The van der Waals surface area contributed by atoms with Crippen LogP contribution in [0, 0.1) is 17.0 Å². The number of nitrogens with zero attached hydrogens (tertiary/aromatic N) is 3. The average Bonchev–Trinajstić information content (AvgIpc) is 2.35. The third kappa shape index (κ3) is 4.23. The number of nitro groups is 1. The standard InChI is InChI=1S/C11H19N5O2S/c1-7(5-6-19-4)13-10-9(16(17)18)8(2)14-11(12-3)15-10/h7H,5-6H2,1-4H3,(H2,12,13,14,15). The summed E-state index contributed by atoms with van der Waals surface area (Å²) in [6, 6.07) is 0.116. The minimum atomic E-state index is -0.446. The van der Waals surface area contributed by atoms with Crippen molar-refractivity contribution in [3.8, 4) is 0 Å². The highest BCUT2D eigenvalue weighted by atomic mass is 32.2. The van der Waals surface area contributed by atoms with Crippen LogP contribution in [0.5, 0.6) is 0 Å². The third-order valence-electron chi connectivity index (χ3n) is 2.60. The van der Waals surface area contributed by atoms with E-state index in [2.05, 4.69) is 20.6 Å². The fraction of sp³-hybridized carbons (Fsp3) is 0.636. The number of thioether (sulfide) groups is 1. The predicted octanol–water partition coefficient (Wildman–Crippen LogP) is 2.29. The summed E-state index contributed by atoms with van der Waals surface area (Å²) in [5, 5.41) is 17.0. The molecule has 0 saturated heterocycles. The summed E-state index contributed by atoms with van der Waals surface area (Å²) in [4.78, 5) is 18.8. The van der Waals surface area contributed by atoms with Crippen molar-refractivity contribution in [2.45, 2.75) is 26.3 Å². The lowest BCUT2D eigenvalue weighted by atomic mass is 10.2. The third-order valence-corrected chi connectivity index (χ3v) is 3.25. The van der Waals surface area contributed by atoms with Crippen LogP contribution in [0.4, 0.5) is 17.5 Å². The van der Waals surface area contributed by atoms with Gasteiger partial charge in [-0.05, 0) is 32.3 Å². The Labute approximate surface area is 116 Å². The molecule has 2 N–H and O–H groups in total. The fourth-order valence-electron chi connectivity index (χ4n) is 1.60. The van der Waals surface area contributed by atoms with Gasteiger partial charge in [0.15, 0.2) is 0 Å². The van der Waals surface area contributed by atoms with Crippen LogP contribution in [0.15, 0.2) is 0 Å². The Bertz CT molecular complexity index is 455. The maximum atomic E-state index is 11.1. The smallest absolute Gasteiger partial charge is 0.332 e. The molecule has 1 aromatic rings. The highest BCUT2D eigenvalue weighted by molar-refractivity contribution is 7.98. The lowest BCUT2D eigenvalue weighted by molar-refractivity contribution is -0.385. The second-order valence-corrected chi connectivity index (χ2v) is 5.15. The first-order valence-electron chi connectivity index (χ1n) is 5.95. The lowest BCUT2D eigenvalue weighted by Crippen LogP contribution is -2.19. The van der Waals surface area contributed by atoms with Gasteiger partial charge in [-0.2, -0.15) is 16.7 Å². The Morgan fingerprint density at radius 2 is 2.16 bits per heavy atom. The minimum Gasteiger partial charge on any atom is -0.362 e. The van der Waals surface area contributed by atoms with Crippen molar-refractivity contribution >= 4 is 29.2 Å². The molecular formula is C11H19N5O2S. The Morgan fingerprint density at radius 1 is 1.47 bits per heavy atom. The number of hydrogen-bond donors (Lipinski definition) is 2.